The first kappa shape index (κ1) is 15.3. The van der Waals surface area contributed by atoms with Gasteiger partial charge < -0.3 is 9.73 Å². The van der Waals surface area contributed by atoms with Gasteiger partial charge in [-0.25, -0.2) is 0 Å². The Morgan fingerprint density at radius 3 is 2.70 bits per heavy atom. The quantitative estimate of drug-likeness (QED) is 0.738. The van der Waals surface area contributed by atoms with Crippen LogP contribution >= 0.6 is 15.9 Å². The van der Waals surface area contributed by atoms with Crippen molar-refractivity contribution in [2.45, 2.75) is 33.7 Å². The van der Waals surface area contributed by atoms with Crippen LogP contribution in [0.3, 0.4) is 0 Å². The van der Waals surface area contributed by atoms with E-state index in [0.717, 1.165) is 40.6 Å². The van der Waals surface area contributed by atoms with Gasteiger partial charge in [-0.2, -0.15) is 0 Å². The molecule has 1 heterocycles. The lowest BCUT2D eigenvalue weighted by molar-refractivity contribution is 0.474. The van der Waals surface area contributed by atoms with Crippen LogP contribution in [-0.2, 0) is 6.54 Å². The smallest absolute Gasteiger partial charge is 0.134 e. The van der Waals surface area contributed by atoms with Crippen LogP contribution < -0.4 is 5.32 Å². The van der Waals surface area contributed by atoms with Crippen LogP contribution in [0.15, 0.2) is 39.2 Å². The monoisotopic (exact) mass is 335 g/mol. The third-order valence-electron chi connectivity index (χ3n) is 3.30. The number of rotatable bonds is 6. The maximum atomic E-state index is 5.89. The second-order valence-corrected chi connectivity index (χ2v) is 6.44. The summed E-state index contributed by atoms with van der Waals surface area (Å²) < 4.78 is 7.02. The molecule has 20 heavy (non-hydrogen) atoms. The Morgan fingerprint density at radius 2 is 2.00 bits per heavy atom. The molecule has 1 aromatic carbocycles. The summed E-state index contributed by atoms with van der Waals surface area (Å²) in [6.07, 6.45) is 1.19. The molecule has 0 saturated heterocycles. The summed E-state index contributed by atoms with van der Waals surface area (Å²) in [4.78, 5) is 0. The van der Waals surface area contributed by atoms with Crippen molar-refractivity contribution in [3.63, 3.8) is 0 Å². The first-order valence-corrected chi connectivity index (χ1v) is 7.91. The van der Waals surface area contributed by atoms with Gasteiger partial charge in [0.1, 0.15) is 11.5 Å². The van der Waals surface area contributed by atoms with E-state index in [4.69, 9.17) is 4.42 Å². The van der Waals surface area contributed by atoms with E-state index in [0.29, 0.717) is 0 Å². The minimum Gasteiger partial charge on any atom is -0.460 e. The van der Waals surface area contributed by atoms with E-state index in [1.54, 1.807) is 0 Å². The van der Waals surface area contributed by atoms with Crippen molar-refractivity contribution >= 4 is 15.9 Å². The standard InChI is InChI=1S/C17H22BrNO/c1-12(2)8-9-19-11-15-5-7-17(20-15)14-4-6-16(18)13(3)10-14/h4-7,10,12,19H,8-9,11H2,1-3H3. The molecule has 0 amide bonds. The Kier molecular flexibility index (Phi) is 5.44. The Labute approximate surface area is 129 Å². The fraction of sp³-hybridized carbons (Fsp3) is 0.412. The maximum Gasteiger partial charge on any atom is 0.134 e. The highest BCUT2D eigenvalue weighted by molar-refractivity contribution is 9.10. The predicted molar refractivity (Wildman–Crippen MR) is 87.7 cm³/mol. The molecule has 3 heteroatoms. The van der Waals surface area contributed by atoms with E-state index < -0.39 is 0 Å². The summed E-state index contributed by atoms with van der Waals surface area (Å²) in [6, 6.07) is 10.4. The Balaban J connectivity index is 1.96. The average Bonchev–Trinajstić information content (AvgIpc) is 2.86. The summed E-state index contributed by atoms with van der Waals surface area (Å²) >= 11 is 3.52. The van der Waals surface area contributed by atoms with Crippen molar-refractivity contribution in [2.24, 2.45) is 5.92 Å². The lowest BCUT2D eigenvalue weighted by atomic mass is 10.1. The zero-order valence-corrected chi connectivity index (χ0v) is 14.0. The number of hydrogen-bond donors (Lipinski definition) is 1. The van der Waals surface area contributed by atoms with Gasteiger partial charge in [0.25, 0.3) is 0 Å². The Morgan fingerprint density at radius 1 is 1.20 bits per heavy atom. The number of aryl methyl sites for hydroxylation is 1. The van der Waals surface area contributed by atoms with Crippen LogP contribution in [0.5, 0.6) is 0 Å². The van der Waals surface area contributed by atoms with Gasteiger partial charge in [-0.05, 0) is 55.6 Å². The van der Waals surface area contributed by atoms with Gasteiger partial charge >= 0.3 is 0 Å². The molecule has 0 fully saturated rings. The van der Waals surface area contributed by atoms with Gasteiger partial charge in [0.05, 0.1) is 6.54 Å². The van der Waals surface area contributed by atoms with Crippen molar-refractivity contribution in [3.05, 3.63) is 46.1 Å². The average molecular weight is 336 g/mol. The van der Waals surface area contributed by atoms with E-state index in [2.05, 4.69) is 66.3 Å². The molecule has 0 atom stereocenters. The highest BCUT2D eigenvalue weighted by Gasteiger charge is 2.06. The van der Waals surface area contributed by atoms with Crippen LogP contribution in [0.25, 0.3) is 11.3 Å². The van der Waals surface area contributed by atoms with E-state index in [1.165, 1.54) is 12.0 Å². The normalized spacial score (nSPS) is 11.2. The largest absolute Gasteiger partial charge is 0.460 e. The SMILES string of the molecule is Cc1cc(-c2ccc(CNCCC(C)C)o2)ccc1Br. The van der Waals surface area contributed by atoms with Gasteiger partial charge in [-0.3, -0.25) is 0 Å². The summed E-state index contributed by atoms with van der Waals surface area (Å²) in [6.45, 7) is 8.39. The van der Waals surface area contributed by atoms with Crippen molar-refractivity contribution in [1.82, 2.24) is 5.32 Å². The molecular weight excluding hydrogens is 314 g/mol. The summed E-state index contributed by atoms with van der Waals surface area (Å²) in [5.74, 6) is 2.66. The molecule has 0 spiro atoms. The van der Waals surface area contributed by atoms with E-state index >= 15 is 0 Å². The minimum atomic E-state index is 0.736. The Bertz CT molecular complexity index is 560. The molecule has 2 nitrogen and oxygen atoms in total. The van der Waals surface area contributed by atoms with Gasteiger partial charge in [0, 0.05) is 10.0 Å². The highest BCUT2D eigenvalue weighted by Crippen LogP contribution is 2.26. The second kappa shape index (κ2) is 7.09. The van der Waals surface area contributed by atoms with Crippen molar-refractivity contribution in [3.8, 4) is 11.3 Å². The summed E-state index contributed by atoms with van der Waals surface area (Å²) in [7, 11) is 0. The first-order valence-electron chi connectivity index (χ1n) is 7.12. The van der Waals surface area contributed by atoms with E-state index in [9.17, 15) is 0 Å². The van der Waals surface area contributed by atoms with Gasteiger partial charge in [0.2, 0.25) is 0 Å². The fourth-order valence-electron chi connectivity index (χ4n) is 2.03. The predicted octanol–water partition coefficient (Wildman–Crippen LogP) is 5.15. The van der Waals surface area contributed by atoms with Crippen molar-refractivity contribution < 1.29 is 4.42 Å². The molecule has 0 aliphatic carbocycles. The van der Waals surface area contributed by atoms with Crippen molar-refractivity contribution in [1.29, 1.82) is 0 Å². The van der Waals surface area contributed by atoms with Gasteiger partial charge in [-0.1, -0.05) is 35.8 Å². The number of hydrogen-bond acceptors (Lipinski definition) is 2. The summed E-state index contributed by atoms with van der Waals surface area (Å²) in [5.41, 5.74) is 2.34. The summed E-state index contributed by atoms with van der Waals surface area (Å²) in [5, 5.41) is 3.42. The van der Waals surface area contributed by atoms with Gasteiger partial charge in [-0.15, -0.1) is 0 Å². The molecule has 108 valence electrons. The van der Waals surface area contributed by atoms with Gasteiger partial charge in [0.15, 0.2) is 0 Å². The van der Waals surface area contributed by atoms with Crippen LogP contribution in [0, 0.1) is 12.8 Å². The molecule has 0 aliphatic rings. The zero-order valence-electron chi connectivity index (χ0n) is 12.4. The lowest BCUT2D eigenvalue weighted by Gasteiger charge is -2.05. The maximum absolute atomic E-state index is 5.89. The Hall–Kier alpha value is -1.06. The molecule has 1 aromatic heterocycles. The van der Waals surface area contributed by atoms with E-state index in [-0.39, 0.29) is 0 Å². The minimum absolute atomic E-state index is 0.736. The van der Waals surface area contributed by atoms with E-state index in [1.807, 2.05) is 6.07 Å². The number of halogens is 1. The third kappa shape index (κ3) is 4.22. The lowest BCUT2D eigenvalue weighted by Crippen LogP contribution is -2.15. The van der Waals surface area contributed by atoms with Crippen LogP contribution in [0.2, 0.25) is 0 Å². The highest BCUT2D eigenvalue weighted by atomic mass is 79.9. The third-order valence-corrected chi connectivity index (χ3v) is 4.19. The van der Waals surface area contributed by atoms with Crippen molar-refractivity contribution in [2.75, 3.05) is 6.54 Å². The first-order chi connectivity index (χ1) is 9.56. The van der Waals surface area contributed by atoms with Crippen LogP contribution in [-0.4, -0.2) is 6.54 Å². The molecule has 2 rings (SSSR count). The van der Waals surface area contributed by atoms with Crippen LogP contribution in [0.1, 0.15) is 31.6 Å². The molecule has 0 bridgehead atoms. The zero-order chi connectivity index (χ0) is 14.5. The second-order valence-electron chi connectivity index (χ2n) is 5.59. The fourth-order valence-corrected chi connectivity index (χ4v) is 2.27. The molecule has 2 aromatic rings. The topological polar surface area (TPSA) is 25.2 Å². The molecule has 0 radical (unpaired) electrons. The number of benzene rings is 1. The van der Waals surface area contributed by atoms with Crippen LogP contribution in [0.4, 0.5) is 0 Å². The molecule has 0 unspecified atom stereocenters. The molecule has 0 aliphatic heterocycles. The molecular formula is C17H22BrNO. The number of nitrogens with one attached hydrogen (secondary N) is 1. The number of furan rings is 1. The molecule has 0 saturated carbocycles. The molecule has 1 N–H and O–H groups in total.